The Hall–Kier alpha value is -0.880. The molecule has 1 fully saturated rings. The molecule has 3 atom stereocenters. The molecule has 122 valence electrons. The maximum absolute atomic E-state index is 12.5. The molecule has 1 amide bonds. The van der Waals surface area contributed by atoms with Crippen LogP contribution in [0.1, 0.15) is 31.7 Å². The second-order valence-corrected chi connectivity index (χ2v) is 9.31. The highest BCUT2D eigenvalue weighted by molar-refractivity contribution is 9.10. The second-order valence-electron chi connectivity index (χ2n) is 6.00. The Morgan fingerprint density at radius 2 is 1.95 bits per heavy atom. The molecule has 1 aliphatic carbocycles. The van der Waals surface area contributed by atoms with Crippen LogP contribution in [0.25, 0.3) is 0 Å². The number of amides is 1. The summed E-state index contributed by atoms with van der Waals surface area (Å²) < 4.78 is 24.4. The van der Waals surface area contributed by atoms with E-state index in [0.29, 0.717) is 0 Å². The van der Waals surface area contributed by atoms with E-state index in [4.69, 9.17) is 0 Å². The summed E-state index contributed by atoms with van der Waals surface area (Å²) >= 11 is 3.40. The molecule has 3 unspecified atom stereocenters. The fourth-order valence-corrected chi connectivity index (χ4v) is 4.08. The standard InChI is InChI=1S/C16H22BrNO3S/c1-4-22(20,21)10-11(2)18(3)16(19)15-9-14(15)12-5-7-13(17)8-6-12/h5-8,11,14-15H,4,9-10H2,1-3H3. The van der Waals surface area contributed by atoms with Crippen LogP contribution in [0.5, 0.6) is 0 Å². The third-order valence-corrected chi connectivity index (χ3v) is 6.75. The average molecular weight is 388 g/mol. The number of hydrogen-bond donors (Lipinski definition) is 0. The van der Waals surface area contributed by atoms with Crippen molar-refractivity contribution in [2.75, 3.05) is 18.6 Å². The Bertz CT molecular complexity index is 642. The van der Waals surface area contributed by atoms with Gasteiger partial charge in [0.2, 0.25) is 5.91 Å². The van der Waals surface area contributed by atoms with E-state index in [2.05, 4.69) is 15.9 Å². The van der Waals surface area contributed by atoms with Crippen molar-refractivity contribution in [3.63, 3.8) is 0 Å². The molecule has 1 aliphatic rings. The lowest BCUT2D eigenvalue weighted by molar-refractivity contribution is -0.132. The summed E-state index contributed by atoms with van der Waals surface area (Å²) in [5, 5.41) is 0. The van der Waals surface area contributed by atoms with Gasteiger partial charge in [0.05, 0.1) is 5.75 Å². The summed E-state index contributed by atoms with van der Waals surface area (Å²) in [4.78, 5) is 14.1. The minimum atomic E-state index is -3.07. The number of benzene rings is 1. The number of hydrogen-bond acceptors (Lipinski definition) is 3. The molecule has 0 spiro atoms. The van der Waals surface area contributed by atoms with Crippen LogP contribution in [0.3, 0.4) is 0 Å². The molecular weight excluding hydrogens is 366 g/mol. The molecule has 4 nitrogen and oxygen atoms in total. The molecule has 0 saturated heterocycles. The van der Waals surface area contributed by atoms with Crippen LogP contribution >= 0.6 is 15.9 Å². The fourth-order valence-electron chi connectivity index (χ4n) is 2.62. The Labute approximate surface area is 140 Å². The smallest absolute Gasteiger partial charge is 0.226 e. The summed E-state index contributed by atoms with van der Waals surface area (Å²) in [6.07, 6.45) is 0.845. The summed E-state index contributed by atoms with van der Waals surface area (Å²) in [7, 11) is -1.37. The number of carbonyl (C=O) groups excluding carboxylic acids is 1. The predicted molar refractivity (Wildman–Crippen MR) is 91.5 cm³/mol. The molecule has 1 saturated carbocycles. The lowest BCUT2D eigenvalue weighted by Crippen LogP contribution is -2.40. The molecule has 0 bridgehead atoms. The third-order valence-electron chi connectivity index (χ3n) is 4.35. The summed E-state index contributed by atoms with van der Waals surface area (Å²) in [6.45, 7) is 3.43. The SMILES string of the molecule is CCS(=O)(=O)CC(C)N(C)C(=O)C1CC1c1ccc(Br)cc1. The van der Waals surface area contributed by atoms with Gasteiger partial charge < -0.3 is 4.90 Å². The van der Waals surface area contributed by atoms with Gasteiger partial charge in [0.1, 0.15) is 0 Å². The Morgan fingerprint density at radius 3 is 2.50 bits per heavy atom. The van der Waals surface area contributed by atoms with Gasteiger partial charge in [-0.05, 0) is 37.0 Å². The van der Waals surface area contributed by atoms with Crippen LogP contribution in [-0.4, -0.2) is 43.8 Å². The number of halogens is 1. The Kier molecular flexibility index (Phi) is 5.33. The molecule has 1 aromatic carbocycles. The van der Waals surface area contributed by atoms with E-state index in [1.54, 1.807) is 25.8 Å². The molecule has 6 heteroatoms. The average Bonchev–Trinajstić information content (AvgIpc) is 3.26. The van der Waals surface area contributed by atoms with Crippen LogP contribution in [0, 0.1) is 5.92 Å². The van der Waals surface area contributed by atoms with Crippen LogP contribution in [0.4, 0.5) is 0 Å². The van der Waals surface area contributed by atoms with Gasteiger partial charge >= 0.3 is 0 Å². The van der Waals surface area contributed by atoms with Crippen molar-refractivity contribution in [3.05, 3.63) is 34.3 Å². The van der Waals surface area contributed by atoms with E-state index in [-0.39, 0.29) is 35.3 Å². The zero-order valence-corrected chi connectivity index (χ0v) is 15.5. The normalized spacial score (nSPS) is 22.2. The van der Waals surface area contributed by atoms with Crippen molar-refractivity contribution in [2.45, 2.75) is 32.2 Å². The minimum absolute atomic E-state index is 0.0158. The van der Waals surface area contributed by atoms with Gasteiger partial charge in [0.15, 0.2) is 9.84 Å². The lowest BCUT2D eigenvalue weighted by Gasteiger charge is -2.25. The largest absolute Gasteiger partial charge is 0.342 e. The molecular formula is C16H22BrNO3S. The first kappa shape index (κ1) is 17.5. The van der Waals surface area contributed by atoms with Gasteiger partial charge in [-0.1, -0.05) is 35.0 Å². The van der Waals surface area contributed by atoms with Crippen molar-refractivity contribution < 1.29 is 13.2 Å². The fraction of sp³-hybridized carbons (Fsp3) is 0.562. The van der Waals surface area contributed by atoms with Crippen LogP contribution in [-0.2, 0) is 14.6 Å². The van der Waals surface area contributed by atoms with Gasteiger partial charge in [-0.25, -0.2) is 8.42 Å². The van der Waals surface area contributed by atoms with E-state index in [1.165, 1.54) is 5.56 Å². The predicted octanol–water partition coefficient (Wildman–Crippen LogP) is 2.83. The number of carbonyl (C=O) groups is 1. The third kappa shape index (κ3) is 4.10. The summed E-state index contributed by atoms with van der Waals surface area (Å²) in [5.74, 6) is 0.439. The van der Waals surface area contributed by atoms with Crippen molar-refractivity contribution in [2.24, 2.45) is 5.92 Å². The highest BCUT2D eigenvalue weighted by Gasteiger charge is 2.45. The molecule has 2 rings (SSSR count). The van der Waals surface area contributed by atoms with Crippen LogP contribution < -0.4 is 0 Å². The molecule has 0 radical (unpaired) electrons. The molecule has 1 aromatic rings. The highest BCUT2D eigenvalue weighted by Crippen LogP contribution is 2.48. The van der Waals surface area contributed by atoms with E-state index >= 15 is 0 Å². The maximum Gasteiger partial charge on any atom is 0.226 e. The van der Waals surface area contributed by atoms with Crippen LogP contribution in [0.15, 0.2) is 28.7 Å². The first-order valence-electron chi connectivity index (χ1n) is 7.47. The maximum atomic E-state index is 12.5. The highest BCUT2D eigenvalue weighted by atomic mass is 79.9. The molecule has 0 aromatic heterocycles. The van der Waals surface area contributed by atoms with Gasteiger partial charge in [-0.3, -0.25) is 4.79 Å². The molecule has 22 heavy (non-hydrogen) atoms. The topological polar surface area (TPSA) is 54.5 Å². The first-order valence-corrected chi connectivity index (χ1v) is 10.1. The number of rotatable bonds is 6. The van der Waals surface area contributed by atoms with E-state index in [1.807, 2.05) is 24.3 Å². The molecule has 0 N–H and O–H groups in total. The monoisotopic (exact) mass is 387 g/mol. The van der Waals surface area contributed by atoms with Gasteiger partial charge in [-0.15, -0.1) is 0 Å². The van der Waals surface area contributed by atoms with Crippen molar-refractivity contribution in [1.29, 1.82) is 0 Å². The number of nitrogens with zero attached hydrogens (tertiary/aromatic N) is 1. The van der Waals surface area contributed by atoms with E-state index in [0.717, 1.165) is 10.9 Å². The molecule has 0 aliphatic heterocycles. The number of sulfone groups is 1. The zero-order chi connectivity index (χ0) is 16.5. The Morgan fingerprint density at radius 1 is 1.36 bits per heavy atom. The second kappa shape index (κ2) is 6.71. The first-order chi connectivity index (χ1) is 10.2. The Balaban J connectivity index is 1.96. The van der Waals surface area contributed by atoms with Gasteiger partial charge in [0, 0.05) is 29.2 Å². The molecule has 0 heterocycles. The quantitative estimate of drug-likeness (QED) is 0.753. The van der Waals surface area contributed by atoms with E-state index < -0.39 is 9.84 Å². The van der Waals surface area contributed by atoms with Crippen molar-refractivity contribution in [1.82, 2.24) is 4.90 Å². The summed E-state index contributed by atoms with van der Waals surface area (Å²) in [6, 6.07) is 7.74. The van der Waals surface area contributed by atoms with Gasteiger partial charge in [0.25, 0.3) is 0 Å². The minimum Gasteiger partial charge on any atom is -0.342 e. The van der Waals surface area contributed by atoms with Crippen molar-refractivity contribution >= 4 is 31.7 Å². The van der Waals surface area contributed by atoms with E-state index in [9.17, 15) is 13.2 Å². The lowest BCUT2D eigenvalue weighted by atomic mass is 10.1. The van der Waals surface area contributed by atoms with Crippen molar-refractivity contribution in [3.8, 4) is 0 Å². The van der Waals surface area contributed by atoms with Gasteiger partial charge in [-0.2, -0.15) is 0 Å². The van der Waals surface area contributed by atoms with Crippen LogP contribution in [0.2, 0.25) is 0 Å². The zero-order valence-electron chi connectivity index (χ0n) is 13.1. The summed E-state index contributed by atoms with van der Waals surface area (Å²) in [5.41, 5.74) is 1.17.